The topological polar surface area (TPSA) is 46.3 Å². The van der Waals surface area contributed by atoms with Crippen molar-refractivity contribution in [3.63, 3.8) is 0 Å². The van der Waals surface area contributed by atoms with Crippen LogP contribution in [0.25, 0.3) is 0 Å². The molecule has 0 spiro atoms. The van der Waals surface area contributed by atoms with Gasteiger partial charge in [0.25, 0.3) is 5.91 Å². The number of nitrogens with two attached hydrogens (primary N) is 1. The number of carbonyl (C=O) groups excluding carboxylic acids is 1. The molecule has 18 heavy (non-hydrogen) atoms. The molecule has 6 heteroatoms. The minimum Gasteiger partial charge on any atom is -0.393 e. The van der Waals surface area contributed by atoms with E-state index >= 15 is 0 Å². The minimum absolute atomic E-state index is 0.0260. The van der Waals surface area contributed by atoms with E-state index in [1.807, 2.05) is 19.1 Å². The second kappa shape index (κ2) is 7.21. The number of rotatable bonds is 5. The van der Waals surface area contributed by atoms with Crippen LogP contribution < -0.4 is 5.73 Å². The van der Waals surface area contributed by atoms with Gasteiger partial charge in [-0.05, 0) is 41.1 Å². The van der Waals surface area contributed by atoms with E-state index in [0.29, 0.717) is 30.1 Å². The van der Waals surface area contributed by atoms with Crippen LogP contribution in [0.4, 0.5) is 0 Å². The molecule has 0 aliphatic heterocycles. The predicted molar refractivity (Wildman–Crippen MR) is 84.8 cm³/mol. The van der Waals surface area contributed by atoms with Crippen LogP contribution in [0, 0.1) is 0 Å². The number of nitrogens with zero attached hydrogens (tertiary/aromatic N) is 1. The quantitative estimate of drug-likeness (QED) is 0.780. The summed E-state index contributed by atoms with van der Waals surface area (Å²) >= 11 is 11.6. The number of amides is 1. The van der Waals surface area contributed by atoms with Gasteiger partial charge in [-0.1, -0.05) is 28.1 Å². The van der Waals surface area contributed by atoms with E-state index in [-0.39, 0.29) is 5.91 Å². The molecule has 0 aromatic heterocycles. The van der Waals surface area contributed by atoms with Crippen LogP contribution in [0.5, 0.6) is 0 Å². The van der Waals surface area contributed by atoms with E-state index in [1.165, 1.54) is 0 Å². The van der Waals surface area contributed by atoms with Crippen molar-refractivity contribution in [1.29, 1.82) is 0 Å². The van der Waals surface area contributed by atoms with Gasteiger partial charge < -0.3 is 10.6 Å². The van der Waals surface area contributed by atoms with Crippen LogP contribution in [-0.2, 0) is 0 Å². The van der Waals surface area contributed by atoms with Crippen LogP contribution >= 0.6 is 44.1 Å². The fourth-order valence-electron chi connectivity index (χ4n) is 1.48. The fraction of sp³-hybridized carbons (Fsp3) is 0.333. The maximum Gasteiger partial charge on any atom is 0.255 e. The number of hydrogen-bond donors (Lipinski definition) is 1. The molecule has 0 fully saturated rings. The van der Waals surface area contributed by atoms with Gasteiger partial charge in [-0.15, -0.1) is 0 Å². The Morgan fingerprint density at radius 1 is 1.44 bits per heavy atom. The van der Waals surface area contributed by atoms with Gasteiger partial charge >= 0.3 is 0 Å². The third-order valence-corrected chi connectivity index (χ3v) is 3.84. The lowest BCUT2D eigenvalue weighted by Crippen LogP contribution is -2.33. The summed E-state index contributed by atoms with van der Waals surface area (Å²) in [7, 11) is 0. The van der Waals surface area contributed by atoms with Crippen molar-refractivity contribution >= 4 is 55.0 Å². The molecule has 0 saturated carbocycles. The summed E-state index contributed by atoms with van der Waals surface area (Å²) in [5, 5.41) is 0. The van der Waals surface area contributed by atoms with Crippen molar-refractivity contribution < 1.29 is 4.79 Å². The SMILES string of the molecule is CCN(CCC(N)=S)C(=O)c1cc(Br)ccc1Br. The first-order chi connectivity index (χ1) is 8.45. The van der Waals surface area contributed by atoms with Gasteiger partial charge in [0.15, 0.2) is 0 Å². The van der Waals surface area contributed by atoms with Crippen molar-refractivity contribution in [1.82, 2.24) is 4.90 Å². The first-order valence-corrected chi connectivity index (χ1v) is 7.47. The number of carbonyl (C=O) groups is 1. The van der Waals surface area contributed by atoms with Crippen LogP contribution in [0.2, 0.25) is 0 Å². The average Bonchev–Trinajstić information content (AvgIpc) is 2.32. The normalized spacial score (nSPS) is 10.2. The zero-order valence-corrected chi connectivity index (χ0v) is 13.9. The minimum atomic E-state index is -0.0260. The largest absolute Gasteiger partial charge is 0.393 e. The standard InChI is InChI=1S/C12H14Br2N2OS/c1-2-16(6-5-11(15)18)12(17)9-7-8(13)3-4-10(9)14/h3-4,7H,2,5-6H2,1H3,(H2,15,18). The average molecular weight is 394 g/mol. The molecule has 0 unspecified atom stereocenters. The molecule has 1 rings (SSSR count). The van der Waals surface area contributed by atoms with Gasteiger partial charge in [-0.2, -0.15) is 0 Å². The molecule has 0 saturated heterocycles. The summed E-state index contributed by atoms with van der Waals surface area (Å²) in [6.07, 6.45) is 0.542. The molecule has 0 radical (unpaired) electrons. The number of halogens is 2. The van der Waals surface area contributed by atoms with E-state index in [2.05, 4.69) is 31.9 Å². The molecule has 0 heterocycles. The molecule has 0 aliphatic carbocycles. The Morgan fingerprint density at radius 3 is 2.67 bits per heavy atom. The van der Waals surface area contributed by atoms with Gasteiger partial charge in [0, 0.05) is 28.5 Å². The number of benzene rings is 1. The fourth-order valence-corrected chi connectivity index (χ4v) is 2.35. The Bertz CT molecular complexity index is 465. The van der Waals surface area contributed by atoms with Crippen LogP contribution in [0.15, 0.2) is 27.1 Å². The Kier molecular flexibility index (Phi) is 6.25. The zero-order valence-electron chi connectivity index (χ0n) is 9.95. The Labute approximate surface area is 129 Å². The molecule has 0 aliphatic rings. The molecule has 0 atom stereocenters. The van der Waals surface area contributed by atoms with E-state index in [0.717, 1.165) is 8.95 Å². The molecule has 1 amide bonds. The van der Waals surface area contributed by atoms with Crippen molar-refractivity contribution in [2.75, 3.05) is 13.1 Å². The highest BCUT2D eigenvalue weighted by molar-refractivity contribution is 9.11. The maximum absolute atomic E-state index is 12.4. The predicted octanol–water partition coefficient (Wildman–Crippen LogP) is 3.35. The van der Waals surface area contributed by atoms with Crippen LogP contribution in [0.1, 0.15) is 23.7 Å². The van der Waals surface area contributed by atoms with E-state index in [4.69, 9.17) is 18.0 Å². The Hall–Kier alpha value is -0.460. The summed E-state index contributed by atoms with van der Waals surface area (Å²) in [6, 6.07) is 5.53. The number of thiocarbonyl (C=S) groups is 1. The molecule has 2 N–H and O–H groups in total. The monoisotopic (exact) mass is 392 g/mol. The molecule has 3 nitrogen and oxygen atoms in total. The zero-order chi connectivity index (χ0) is 13.7. The van der Waals surface area contributed by atoms with Crippen molar-refractivity contribution in [3.8, 4) is 0 Å². The van der Waals surface area contributed by atoms with E-state index in [1.54, 1.807) is 11.0 Å². The van der Waals surface area contributed by atoms with E-state index < -0.39 is 0 Å². The first-order valence-electron chi connectivity index (χ1n) is 5.48. The summed E-state index contributed by atoms with van der Waals surface area (Å²) in [6.45, 7) is 3.10. The van der Waals surface area contributed by atoms with Gasteiger partial charge in [0.2, 0.25) is 0 Å². The van der Waals surface area contributed by atoms with E-state index in [9.17, 15) is 4.79 Å². The Morgan fingerprint density at radius 2 is 2.11 bits per heavy atom. The summed E-state index contributed by atoms with van der Waals surface area (Å²) in [5.41, 5.74) is 6.10. The maximum atomic E-state index is 12.4. The Balaban J connectivity index is 2.89. The van der Waals surface area contributed by atoms with Crippen molar-refractivity contribution in [2.24, 2.45) is 5.73 Å². The summed E-state index contributed by atoms with van der Waals surface area (Å²) < 4.78 is 1.66. The first kappa shape index (κ1) is 15.6. The van der Waals surface area contributed by atoms with Gasteiger partial charge in [-0.25, -0.2) is 0 Å². The molecule has 1 aromatic carbocycles. The molecular formula is C12H14Br2N2OS. The third-order valence-electron chi connectivity index (χ3n) is 2.46. The van der Waals surface area contributed by atoms with Gasteiger partial charge in [-0.3, -0.25) is 4.79 Å². The van der Waals surface area contributed by atoms with Crippen LogP contribution in [0.3, 0.4) is 0 Å². The van der Waals surface area contributed by atoms with Crippen molar-refractivity contribution in [2.45, 2.75) is 13.3 Å². The van der Waals surface area contributed by atoms with Gasteiger partial charge in [0.05, 0.1) is 10.6 Å². The lowest BCUT2D eigenvalue weighted by Gasteiger charge is -2.21. The summed E-state index contributed by atoms with van der Waals surface area (Å²) in [4.78, 5) is 14.5. The van der Waals surface area contributed by atoms with Crippen LogP contribution in [-0.4, -0.2) is 28.9 Å². The van der Waals surface area contributed by atoms with Crippen molar-refractivity contribution in [3.05, 3.63) is 32.7 Å². The highest BCUT2D eigenvalue weighted by Crippen LogP contribution is 2.23. The lowest BCUT2D eigenvalue weighted by atomic mass is 10.2. The lowest BCUT2D eigenvalue weighted by molar-refractivity contribution is 0.0768. The third kappa shape index (κ3) is 4.33. The second-order valence-corrected chi connectivity index (χ2v) is 6.02. The van der Waals surface area contributed by atoms with Gasteiger partial charge in [0.1, 0.15) is 0 Å². The molecule has 0 bridgehead atoms. The second-order valence-electron chi connectivity index (χ2n) is 3.73. The molecule has 1 aromatic rings. The highest BCUT2D eigenvalue weighted by atomic mass is 79.9. The highest BCUT2D eigenvalue weighted by Gasteiger charge is 2.17. The molecule has 98 valence electrons. The summed E-state index contributed by atoms with van der Waals surface area (Å²) in [5.74, 6) is -0.0260. The smallest absolute Gasteiger partial charge is 0.255 e. The molecular weight excluding hydrogens is 380 g/mol. The number of hydrogen-bond acceptors (Lipinski definition) is 2.